The van der Waals surface area contributed by atoms with Crippen LogP contribution < -0.4 is 10.1 Å². The average molecular weight is 571 g/mol. The van der Waals surface area contributed by atoms with Crippen molar-refractivity contribution < 1.29 is 33.7 Å². The van der Waals surface area contributed by atoms with Gasteiger partial charge in [-0.2, -0.15) is 0 Å². The zero-order valence-corrected chi connectivity index (χ0v) is 23.2. The molecule has 5 rings (SSSR count). The Balaban J connectivity index is 1.11. The van der Waals surface area contributed by atoms with E-state index in [0.29, 0.717) is 31.7 Å². The molecule has 9 nitrogen and oxygen atoms in total. The lowest BCUT2D eigenvalue weighted by molar-refractivity contribution is -0.139. The van der Waals surface area contributed by atoms with Crippen LogP contribution in [0, 0.1) is 0 Å². The van der Waals surface area contributed by atoms with Gasteiger partial charge in [-0.15, -0.1) is 0 Å². The van der Waals surface area contributed by atoms with E-state index in [0.717, 1.165) is 27.8 Å². The fourth-order valence-corrected chi connectivity index (χ4v) is 5.49. The summed E-state index contributed by atoms with van der Waals surface area (Å²) >= 11 is 0. The number of nitrogens with zero attached hydrogens (tertiary/aromatic N) is 1. The first kappa shape index (κ1) is 28.7. The van der Waals surface area contributed by atoms with Crippen LogP contribution in [0.15, 0.2) is 85.5 Å². The Kier molecular flexibility index (Phi) is 9.06. The number of amides is 2. The van der Waals surface area contributed by atoms with Crippen molar-refractivity contribution in [3.63, 3.8) is 0 Å². The van der Waals surface area contributed by atoms with Gasteiger partial charge in [-0.3, -0.25) is 0 Å². The van der Waals surface area contributed by atoms with E-state index in [2.05, 4.69) is 24.0 Å². The second kappa shape index (κ2) is 13.2. The number of hydrogen-bond acceptors (Lipinski definition) is 6. The highest BCUT2D eigenvalue weighted by Gasteiger charge is 2.30. The highest BCUT2D eigenvalue weighted by Crippen LogP contribution is 2.44. The van der Waals surface area contributed by atoms with Crippen LogP contribution in [0.3, 0.4) is 0 Å². The van der Waals surface area contributed by atoms with Crippen LogP contribution in [0.2, 0.25) is 0 Å². The maximum atomic E-state index is 12.7. The summed E-state index contributed by atoms with van der Waals surface area (Å²) < 4.78 is 16.7. The Labute approximate surface area is 244 Å². The van der Waals surface area contributed by atoms with Crippen LogP contribution in [0.5, 0.6) is 5.75 Å². The molecule has 3 aromatic carbocycles. The van der Waals surface area contributed by atoms with Crippen LogP contribution in [-0.2, 0) is 20.7 Å². The summed E-state index contributed by atoms with van der Waals surface area (Å²) in [5.41, 5.74) is 5.13. The summed E-state index contributed by atoms with van der Waals surface area (Å²) in [6.07, 6.45) is 1.81. The quantitative estimate of drug-likeness (QED) is 0.314. The molecule has 1 aliphatic heterocycles. The number of rotatable bonds is 10. The van der Waals surface area contributed by atoms with Gasteiger partial charge in [0.1, 0.15) is 31.1 Å². The van der Waals surface area contributed by atoms with Gasteiger partial charge in [0.05, 0.1) is 0 Å². The number of carbonyl (C=O) groups is 3. The largest absolute Gasteiger partial charge is 0.490 e. The van der Waals surface area contributed by atoms with Crippen molar-refractivity contribution in [2.45, 2.75) is 37.3 Å². The number of fused-ring (bicyclic) bond motifs is 3. The van der Waals surface area contributed by atoms with Gasteiger partial charge in [0.2, 0.25) is 0 Å². The second-order valence-corrected chi connectivity index (χ2v) is 10.4. The average Bonchev–Trinajstić information content (AvgIpc) is 3.33. The third kappa shape index (κ3) is 6.74. The molecule has 218 valence electrons. The summed E-state index contributed by atoms with van der Waals surface area (Å²) in [7, 11) is 0. The number of carbonyl (C=O) groups excluding carboxylic acids is 2. The van der Waals surface area contributed by atoms with Gasteiger partial charge >= 0.3 is 18.2 Å². The SMILES string of the molecule is C=CCOC(=O)N1CCC(Oc2ccc(C[C@H](NC(=O)OCC3c4ccccc4-c4ccccc43)C(=O)O)cc2)CC1. The van der Waals surface area contributed by atoms with Gasteiger partial charge in [0.25, 0.3) is 0 Å². The molecule has 3 aromatic rings. The smallest absolute Gasteiger partial charge is 0.410 e. The highest BCUT2D eigenvalue weighted by atomic mass is 16.6. The van der Waals surface area contributed by atoms with E-state index in [9.17, 15) is 19.5 Å². The second-order valence-electron chi connectivity index (χ2n) is 10.4. The van der Waals surface area contributed by atoms with Gasteiger partial charge < -0.3 is 29.5 Å². The Morgan fingerprint density at radius 3 is 2.14 bits per heavy atom. The molecule has 0 unspecified atom stereocenters. The van der Waals surface area contributed by atoms with Crippen LogP contribution in [0.25, 0.3) is 11.1 Å². The molecule has 0 spiro atoms. The lowest BCUT2D eigenvalue weighted by Crippen LogP contribution is -2.43. The fraction of sp³-hybridized carbons (Fsp3) is 0.303. The molecule has 2 amide bonds. The Morgan fingerprint density at radius 1 is 0.929 bits per heavy atom. The van der Waals surface area contributed by atoms with E-state index in [1.807, 2.05) is 36.4 Å². The summed E-state index contributed by atoms with van der Waals surface area (Å²) in [5, 5.41) is 12.3. The van der Waals surface area contributed by atoms with Gasteiger partial charge in [0.15, 0.2) is 0 Å². The Bertz CT molecular complexity index is 1380. The number of nitrogens with one attached hydrogen (secondary N) is 1. The molecule has 9 heteroatoms. The van der Waals surface area contributed by atoms with Crippen molar-refractivity contribution in [1.82, 2.24) is 10.2 Å². The summed E-state index contributed by atoms with van der Waals surface area (Å²) in [6, 6.07) is 22.0. The summed E-state index contributed by atoms with van der Waals surface area (Å²) in [6.45, 7) is 4.92. The van der Waals surface area contributed by atoms with E-state index < -0.39 is 18.1 Å². The number of carboxylic acid groups (broad SMARTS) is 1. The number of hydrogen-bond donors (Lipinski definition) is 2. The van der Waals surface area contributed by atoms with E-state index in [1.54, 1.807) is 29.2 Å². The van der Waals surface area contributed by atoms with Crippen LogP contribution in [-0.4, -0.2) is 66.6 Å². The van der Waals surface area contributed by atoms with Crippen LogP contribution in [0.1, 0.15) is 35.4 Å². The van der Waals surface area contributed by atoms with Crippen molar-refractivity contribution in [3.05, 3.63) is 102 Å². The molecule has 1 atom stereocenters. The van der Waals surface area contributed by atoms with Gasteiger partial charge in [-0.1, -0.05) is 73.3 Å². The molecule has 42 heavy (non-hydrogen) atoms. The van der Waals surface area contributed by atoms with Crippen molar-refractivity contribution in [3.8, 4) is 16.9 Å². The minimum atomic E-state index is -1.16. The normalized spacial score (nSPS) is 15.2. The van der Waals surface area contributed by atoms with E-state index >= 15 is 0 Å². The van der Waals surface area contributed by atoms with Crippen LogP contribution >= 0.6 is 0 Å². The molecule has 0 aromatic heterocycles. The Morgan fingerprint density at radius 2 is 1.55 bits per heavy atom. The van der Waals surface area contributed by atoms with Crippen LogP contribution in [0.4, 0.5) is 9.59 Å². The molecular weight excluding hydrogens is 536 g/mol. The first-order valence-electron chi connectivity index (χ1n) is 14.1. The summed E-state index contributed by atoms with van der Waals surface area (Å²) in [5.74, 6) is -0.609. The molecule has 1 fully saturated rings. The van der Waals surface area contributed by atoms with Gasteiger partial charge in [0, 0.05) is 38.3 Å². The van der Waals surface area contributed by atoms with Gasteiger partial charge in [-0.25, -0.2) is 14.4 Å². The molecule has 2 aliphatic rings. The zero-order valence-electron chi connectivity index (χ0n) is 23.2. The molecule has 2 N–H and O–H groups in total. The number of piperidine rings is 1. The maximum absolute atomic E-state index is 12.7. The van der Waals surface area contributed by atoms with E-state index in [4.69, 9.17) is 14.2 Å². The number of carboxylic acids is 1. The monoisotopic (exact) mass is 570 g/mol. The number of aliphatic carboxylic acids is 1. The summed E-state index contributed by atoms with van der Waals surface area (Å²) in [4.78, 5) is 38.3. The lowest BCUT2D eigenvalue weighted by atomic mass is 9.98. The molecule has 0 saturated carbocycles. The maximum Gasteiger partial charge on any atom is 0.410 e. The molecular formula is C33H34N2O7. The first-order valence-corrected chi connectivity index (χ1v) is 14.1. The first-order chi connectivity index (χ1) is 20.4. The predicted octanol–water partition coefficient (Wildman–Crippen LogP) is 5.39. The fourth-order valence-electron chi connectivity index (χ4n) is 5.49. The van der Waals surface area contributed by atoms with Crippen molar-refractivity contribution in [1.29, 1.82) is 0 Å². The van der Waals surface area contributed by atoms with Crippen molar-refractivity contribution in [2.75, 3.05) is 26.3 Å². The molecule has 1 heterocycles. The minimum Gasteiger partial charge on any atom is -0.490 e. The standard InChI is InChI=1S/C33H34N2O7/c1-2-19-40-33(39)35-17-15-24(16-18-35)42-23-13-11-22(12-14-23)20-30(31(36)37)34-32(38)41-21-29-27-9-5-3-7-25(27)26-8-4-6-10-28(26)29/h2-14,24,29-30H,1,15-21H2,(H,34,38)(H,36,37)/t30-/m0/s1. The van der Waals surface area contributed by atoms with Gasteiger partial charge in [-0.05, 0) is 39.9 Å². The molecule has 0 bridgehead atoms. The number of ether oxygens (including phenoxy) is 3. The zero-order chi connectivity index (χ0) is 29.5. The predicted molar refractivity (Wildman–Crippen MR) is 157 cm³/mol. The van der Waals surface area contributed by atoms with E-state index in [1.165, 1.54) is 6.08 Å². The van der Waals surface area contributed by atoms with E-state index in [-0.39, 0.29) is 37.7 Å². The highest BCUT2D eigenvalue weighted by molar-refractivity contribution is 5.81. The lowest BCUT2D eigenvalue weighted by Gasteiger charge is -2.31. The minimum absolute atomic E-state index is 0.0405. The van der Waals surface area contributed by atoms with Crippen molar-refractivity contribution >= 4 is 18.2 Å². The molecule has 1 saturated heterocycles. The molecule has 1 aliphatic carbocycles. The third-order valence-electron chi connectivity index (χ3n) is 7.62. The number of likely N-dealkylation sites (tertiary alicyclic amines) is 1. The number of alkyl carbamates (subject to hydrolysis) is 1. The number of benzene rings is 3. The topological polar surface area (TPSA) is 114 Å². The molecule has 0 radical (unpaired) electrons. The third-order valence-corrected chi connectivity index (χ3v) is 7.62. The van der Waals surface area contributed by atoms with Crippen molar-refractivity contribution in [2.24, 2.45) is 0 Å². The Hall–Kier alpha value is -4.79.